The lowest BCUT2D eigenvalue weighted by atomic mass is 9.76. The molecular weight excluding hydrogens is 244 g/mol. The van der Waals surface area contributed by atoms with E-state index >= 15 is 0 Å². The molecule has 2 saturated carbocycles. The monoisotopic (exact) mass is 262 g/mol. The second-order valence-electron chi connectivity index (χ2n) is 7.23. The Morgan fingerprint density at radius 1 is 1.37 bits per heavy atom. The van der Waals surface area contributed by atoms with Gasteiger partial charge in [0.25, 0.3) is 0 Å². The van der Waals surface area contributed by atoms with Crippen LogP contribution >= 0.6 is 0 Å². The number of fused-ring (bicyclic) bond motifs is 4. The largest absolute Gasteiger partial charge is 0.458 e. The molecule has 1 spiro atoms. The molecule has 0 N–H and O–H groups in total. The number of hydrogen-bond acceptors (Lipinski definition) is 4. The summed E-state index contributed by atoms with van der Waals surface area (Å²) in [5.74, 6) is 0.107. The number of hydrogen-bond donors (Lipinski definition) is 0. The Morgan fingerprint density at radius 2 is 2.16 bits per heavy atom. The highest BCUT2D eigenvalue weighted by atomic mass is 16.7. The van der Waals surface area contributed by atoms with Gasteiger partial charge in [0.1, 0.15) is 17.3 Å². The molecule has 0 radical (unpaired) electrons. The standard InChI is InChI=1S/C15H18O4/c1-7-8-4-5-13(2)15(19-13)6-9-14(3,18-9)11(15)10(8)17-12(7)16/h8-11H,1,4-6H2,2-3H3/t8-,9-,10-,11-,13-,14-,15+/m0/s1. The average molecular weight is 262 g/mol. The lowest BCUT2D eigenvalue weighted by Gasteiger charge is -2.30. The van der Waals surface area contributed by atoms with Gasteiger partial charge >= 0.3 is 5.97 Å². The molecule has 5 aliphatic rings. The van der Waals surface area contributed by atoms with Crippen molar-refractivity contribution in [3.05, 3.63) is 12.2 Å². The van der Waals surface area contributed by atoms with Crippen LogP contribution in [0.25, 0.3) is 0 Å². The van der Waals surface area contributed by atoms with Gasteiger partial charge in [-0.3, -0.25) is 0 Å². The molecular formula is C15H18O4. The van der Waals surface area contributed by atoms with Crippen molar-refractivity contribution < 1.29 is 19.0 Å². The maximum atomic E-state index is 11.9. The van der Waals surface area contributed by atoms with Crippen molar-refractivity contribution in [2.24, 2.45) is 11.8 Å². The first-order valence-electron chi connectivity index (χ1n) is 7.19. The molecule has 19 heavy (non-hydrogen) atoms. The van der Waals surface area contributed by atoms with E-state index in [1.807, 2.05) is 0 Å². The van der Waals surface area contributed by atoms with Gasteiger partial charge in [-0.1, -0.05) is 6.58 Å². The Labute approximate surface area is 112 Å². The normalized spacial score (nSPS) is 64.5. The molecule has 7 atom stereocenters. The summed E-state index contributed by atoms with van der Waals surface area (Å²) in [6, 6.07) is 0. The van der Waals surface area contributed by atoms with Crippen LogP contribution in [0.5, 0.6) is 0 Å². The Bertz CT molecular complexity index is 542. The van der Waals surface area contributed by atoms with E-state index < -0.39 is 0 Å². The Balaban J connectivity index is 1.65. The predicted molar refractivity (Wildman–Crippen MR) is 65.4 cm³/mol. The summed E-state index contributed by atoms with van der Waals surface area (Å²) in [4.78, 5) is 11.9. The maximum Gasteiger partial charge on any atom is 0.334 e. The smallest absolute Gasteiger partial charge is 0.334 e. The van der Waals surface area contributed by atoms with E-state index in [1.165, 1.54) is 0 Å². The molecule has 4 heteroatoms. The van der Waals surface area contributed by atoms with Crippen molar-refractivity contribution in [3.8, 4) is 0 Å². The molecule has 0 amide bonds. The summed E-state index contributed by atoms with van der Waals surface area (Å²) in [6.07, 6.45) is 3.07. The first-order chi connectivity index (χ1) is 8.91. The molecule has 0 aromatic rings. The molecule has 102 valence electrons. The fraction of sp³-hybridized carbons (Fsp3) is 0.800. The summed E-state index contributed by atoms with van der Waals surface area (Å²) in [7, 11) is 0. The van der Waals surface area contributed by atoms with Gasteiger partial charge in [0.15, 0.2) is 0 Å². The second-order valence-corrected chi connectivity index (χ2v) is 7.23. The van der Waals surface area contributed by atoms with Gasteiger partial charge in [-0.15, -0.1) is 0 Å². The zero-order valence-electron chi connectivity index (χ0n) is 11.3. The molecule has 5 rings (SSSR count). The molecule has 4 nitrogen and oxygen atoms in total. The first-order valence-corrected chi connectivity index (χ1v) is 7.19. The summed E-state index contributed by atoms with van der Waals surface area (Å²) < 4.78 is 17.8. The fourth-order valence-electron chi connectivity index (χ4n) is 5.24. The number of ether oxygens (including phenoxy) is 3. The van der Waals surface area contributed by atoms with Crippen LogP contribution in [0.1, 0.15) is 33.1 Å². The van der Waals surface area contributed by atoms with Gasteiger partial charge in [-0.05, 0) is 26.7 Å². The van der Waals surface area contributed by atoms with Crippen LogP contribution in [0, 0.1) is 11.8 Å². The van der Waals surface area contributed by atoms with Crippen LogP contribution in [-0.2, 0) is 19.0 Å². The average Bonchev–Trinajstić information content (AvgIpc) is 3.07. The van der Waals surface area contributed by atoms with Crippen molar-refractivity contribution in [2.45, 2.75) is 62.1 Å². The van der Waals surface area contributed by atoms with Crippen LogP contribution < -0.4 is 0 Å². The van der Waals surface area contributed by atoms with Crippen LogP contribution in [0.3, 0.4) is 0 Å². The Kier molecular flexibility index (Phi) is 1.51. The zero-order chi connectivity index (χ0) is 13.2. The molecule has 3 aliphatic heterocycles. The Hall–Kier alpha value is -0.870. The predicted octanol–water partition coefficient (Wildman–Crippen LogP) is 1.58. The molecule has 0 bridgehead atoms. The molecule has 3 saturated heterocycles. The highest BCUT2D eigenvalue weighted by molar-refractivity contribution is 5.91. The van der Waals surface area contributed by atoms with E-state index in [0.717, 1.165) is 19.3 Å². The van der Waals surface area contributed by atoms with E-state index in [9.17, 15) is 4.79 Å². The van der Waals surface area contributed by atoms with Gasteiger partial charge < -0.3 is 14.2 Å². The van der Waals surface area contributed by atoms with Crippen molar-refractivity contribution in [2.75, 3.05) is 0 Å². The summed E-state index contributed by atoms with van der Waals surface area (Å²) in [5, 5.41) is 0. The third kappa shape index (κ3) is 0.953. The highest BCUT2D eigenvalue weighted by Gasteiger charge is 2.87. The minimum atomic E-state index is -0.220. The van der Waals surface area contributed by atoms with Crippen molar-refractivity contribution in [1.29, 1.82) is 0 Å². The fourth-order valence-corrected chi connectivity index (χ4v) is 5.24. The molecule has 3 heterocycles. The van der Waals surface area contributed by atoms with Crippen LogP contribution in [0.15, 0.2) is 12.2 Å². The van der Waals surface area contributed by atoms with Crippen molar-refractivity contribution >= 4 is 5.97 Å². The maximum absolute atomic E-state index is 11.9. The number of rotatable bonds is 0. The van der Waals surface area contributed by atoms with E-state index in [0.29, 0.717) is 5.57 Å². The molecule has 0 aromatic carbocycles. The number of carbonyl (C=O) groups excluding carboxylic acids is 1. The van der Waals surface area contributed by atoms with Crippen LogP contribution in [0.4, 0.5) is 0 Å². The van der Waals surface area contributed by atoms with Crippen LogP contribution in [0.2, 0.25) is 0 Å². The second kappa shape index (κ2) is 2.63. The van der Waals surface area contributed by atoms with Crippen LogP contribution in [-0.4, -0.2) is 35.0 Å². The molecule has 2 aliphatic carbocycles. The zero-order valence-corrected chi connectivity index (χ0v) is 11.3. The highest BCUT2D eigenvalue weighted by Crippen LogP contribution is 2.75. The first kappa shape index (κ1) is 10.9. The summed E-state index contributed by atoms with van der Waals surface area (Å²) in [6.45, 7) is 8.30. The van der Waals surface area contributed by atoms with E-state index in [1.54, 1.807) is 0 Å². The summed E-state index contributed by atoms with van der Waals surface area (Å²) in [5.41, 5.74) is 0.331. The van der Waals surface area contributed by atoms with Crippen molar-refractivity contribution in [3.63, 3.8) is 0 Å². The molecule has 5 fully saturated rings. The van der Waals surface area contributed by atoms with E-state index in [4.69, 9.17) is 14.2 Å². The van der Waals surface area contributed by atoms with Gasteiger partial charge in [-0.2, -0.15) is 0 Å². The van der Waals surface area contributed by atoms with E-state index in [2.05, 4.69) is 20.4 Å². The van der Waals surface area contributed by atoms with E-state index in [-0.39, 0.29) is 46.8 Å². The third-order valence-electron chi connectivity index (χ3n) is 6.46. The topological polar surface area (TPSA) is 51.4 Å². The van der Waals surface area contributed by atoms with Gasteiger partial charge in [-0.25, -0.2) is 4.79 Å². The SMILES string of the molecule is C=C1C(=O)O[C@H]2[C@H]1CC[C@]1(C)O[C@@]13C[C@@H]1O[C@]1(C)[C@H]23. The van der Waals surface area contributed by atoms with Gasteiger partial charge in [0, 0.05) is 17.9 Å². The lowest BCUT2D eigenvalue weighted by Crippen LogP contribution is -2.43. The number of carbonyl (C=O) groups is 1. The van der Waals surface area contributed by atoms with Crippen molar-refractivity contribution in [1.82, 2.24) is 0 Å². The van der Waals surface area contributed by atoms with Gasteiger partial charge in [0.05, 0.1) is 17.6 Å². The lowest BCUT2D eigenvalue weighted by molar-refractivity contribution is -0.144. The molecule has 0 aromatic heterocycles. The third-order valence-corrected chi connectivity index (χ3v) is 6.46. The van der Waals surface area contributed by atoms with Gasteiger partial charge in [0.2, 0.25) is 0 Å². The minimum absolute atomic E-state index is 0.0471. The minimum Gasteiger partial charge on any atom is -0.458 e. The molecule has 0 unspecified atom stereocenters. The Morgan fingerprint density at radius 3 is 2.95 bits per heavy atom. The summed E-state index contributed by atoms with van der Waals surface area (Å²) >= 11 is 0. The quantitative estimate of drug-likeness (QED) is 0.378. The number of esters is 1. The number of epoxide rings is 2.